The topological polar surface area (TPSA) is 47.6 Å². The van der Waals surface area contributed by atoms with Crippen molar-refractivity contribution < 1.29 is 14.3 Å². The van der Waals surface area contributed by atoms with Gasteiger partial charge in [-0.3, -0.25) is 4.79 Å². The van der Waals surface area contributed by atoms with Gasteiger partial charge in [-0.05, 0) is 32.7 Å². The van der Waals surface area contributed by atoms with Gasteiger partial charge < -0.3 is 14.8 Å². The highest BCUT2D eigenvalue weighted by molar-refractivity contribution is 5.81. The van der Waals surface area contributed by atoms with Crippen LogP contribution < -0.4 is 5.32 Å². The Morgan fingerprint density at radius 1 is 1.41 bits per heavy atom. The van der Waals surface area contributed by atoms with Gasteiger partial charge in [0.25, 0.3) is 0 Å². The first-order valence-corrected chi connectivity index (χ1v) is 6.72. The second-order valence-electron chi connectivity index (χ2n) is 4.57. The Balaban J connectivity index is 2.58. The van der Waals surface area contributed by atoms with Crippen LogP contribution in [0.1, 0.15) is 46.5 Å². The van der Waals surface area contributed by atoms with Crippen LogP contribution in [0.5, 0.6) is 0 Å². The van der Waals surface area contributed by atoms with Gasteiger partial charge in [-0.2, -0.15) is 0 Å². The summed E-state index contributed by atoms with van der Waals surface area (Å²) in [4.78, 5) is 12.0. The predicted octanol–water partition coefficient (Wildman–Crippen LogP) is 1.88. The molecule has 1 N–H and O–H groups in total. The smallest absolute Gasteiger partial charge is 0.326 e. The van der Waals surface area contributed by atoms with Crippen molar-refractivity contribution in [1.82, 2.24) is 5.32 Å². The number of hydrogen-bond donors (Lipinski definition) is 1. The molecule has 0 aromatic rings. The van der Waals surface area contributed by atoms with Crippen molar-refractivity contribution in [2.75, 3.05) is 19.8 Å². The minimum Gasteiger partial charge on any atom is -0.465 e. The van der Waals surface area contributed by atoms with E-state index in [1.165, 1.54) is 0 Å². The number of carbonyl (C=O) groups is 1. The quantitative estimate of drug-likeness (QED) is 0.694. The SMILES string of the molecule is CCCOC1CCC(NCC)(C(=O)OCC)C1. The van der Waals surface area contributed by atoms with E-state index in [0.29, 0.717) is 6.61 Å². The normalized spacial score (nSPS) is 28.3. The average Bonchev–Trinajstić information content (AvgIpc) is 2.72. The molecule has 0 radical (unpaired) electrons. The van der Waals surface area contributed by atoms with E-state index < -0.39 is 5.54 Å². The Hall–Kier alpha value is -0.610. The fraction of sp³-hybridized carbons (Fsp3) is 0.923. The van der Waals surface area contributed by atoms with Crippen molar-refractivity contribution in [3.63, 3.8) is 0 Å². The summed E-state index contributed by atoms with van der Waals surface area (Å²) in [6, 6.07) is 0. The number of nitrogens with one attached hydrogen (secondary N) is 1. The van der Waals surface area contributed by atoms with Crippen LogP contribution in [0, 0.1) is 0 Å². The second kappa shape index (κ2) is 6.97. The lowest BCUT2D eigenvalue weighted by Crippen LogP contribution is -2.51. The van der Waals surface area contributed by atoms with Crippen LogP contribution in [0.4, 0.5) is 0 Å². The Bertz CT molecular complexity index is 245. The molecule has 0 bridgehead atoms. The van der Waals surface area contributed by atoms with Crippen molar-refractivity contribution in [2.24, 2.45) is 0 Å². The summed E-state index contributed by atoms with van der Waals surface area (Å²) >= 11 is 0. The molecule has 1 saturated carbocycles. The average molecular weight is 243 g/mol. The van der Waals surface area contributed by atoms with Gasteiger partial charge in [-0.15, -0.1) is 0 Å². The summed E-state index contributed by atoms with van der Waals surface area (Å²) in [5.41, 5.74) is -0.511. The third-order valence-electron chi connectivity index (χ3n) is 3.21. The predicted molar refractivity (Wildman–Crippen MR) is 66.9 cm³/mol. The maximum Gasteiger partial charge on any atom is 0.326 e. The molecule has 0 aromatic heterocycles. The molecule has 0 amide bonds. The van der Waals surface area contributed by atoms with E-state index in [1.54, 1.807) is 0 Å². The minimum atomic E-state index is -0.511. The number of esters is 1. The highest BCUT2D eigenvalue weighted by Gasteiger charge is 2.46. The maximum absolute atomic E-state index is 12.0. The molecule has 2 atom stereocenters. The lowest BCUT2D eigenvalue weighted by atomic mass is 9.97. The maximum atomic E-state index is 12.0. The molecule has 1 rings (SSSR count). The first kappa shape index (κ1) is 14.5. The summed E-state index contributed by atoms with van der Waals surface area (Å²) in [5, 5.41) is 3.29. The van der Waals surface area contributed by atoms with Gasteiger partial charge in [-0.1, -0.05) is 13.8 Å². The summed E-state index contributed by atoms with van der Waals surface area (Å²) in [5.74, 6) is -0.121. The van der Waals surface area contributed by atoms with Gasteiger partial charge in [0.2, 0.25) is 0 Å². The van der Waals surface area contributed by atoms with Gasteiger partial charge in [-0.25, -0.2) is 0 Å². The van der Waals surface area contributed by atoms with E-state index in [1.807, 2.05) is 13.8 Å². The van der Waals surface area contributed by atoms with Crippen molar-refractivity contribution in [3.05, 3.63) is 0 Å². The van der Waals surface area contributed by atoms with Crippen LogP contribution in [0.25, 0.3) is 0 Å². The standard InChI is InChI=1S/C13H25NO3/c1-4-9-17-11-7-8-13(10-11,14-5-2)12(15)16-6-3/h11,14H,4-10H2,1-3H3. The van der Waals surface area contributed by atoms with E-state index in [2.05, 4.69) is 12.2 Å². The Morgan fingerprint density at radius 2 is 2.18 bits per heavy atom. The van der Waals surface area contributed by atoms with Crippen LogP contribution in [-0.4, -0.2) is 37.4 Å². The van der Waals surface area contributed by atoms with Crippen LogP contribution in [-0.2, 0) is 14.3 Å². The molecular weight excluding hydrogens is 218 g/mol. The Morgan fingerprint density at radius 3 is 2.76 bits per heavy atom. The number of rotatable bonds is 7. The van der Waals surface area contributed by atoms with E-state index in [4.69, 9.17) is 9.47 Å². The summed E-state index contributed by atoms with van der Waals surface area (Å²) < 4.78 is 10.9. The molecule has 4 heteroatoms. The molecule has 4 nitrogen and oxygen atoms in total. The first-order valence-electron chi connectivity index (χ1n) is 6.72. The summed E-state index contributed by atoms with van der Waals surface area (Å²) in [6.45, 7) is 7.94. The third kappa shape index (κ3) is 3.68. The van der Waals surface area contributed by atoms with E-state index in [0.717, 1.165) is 38.8 Å². The van der Waals surface area contributed by atoms with E-state index in [-0.39, 0.29) is 12.1 Å². The number of hydrogen-bond acceptors (Lipinski definition) is 4. The Kier molecular flexibility index (Phi) is 5.92. The molecule has 0 saturated heterocycles. The van der Waals surface area contributed by atoms with Gasteiger partial charge >= 0.3 is 5.97 Å². The zero-order chi connectivity index (χ0) is 12.7. The highest BCUT2D eigenvalue weighted by atomic mass is 16.5. The summed E-state index contributed by atoms with van der Waals surface area (Å²) in [6.07, 6.45) is 3.70. The van der Waals surface area contributed by atoms with Crippen LogP contribution >= 0.6 is 0 Å². The third-order valence-corrected chi connectivity index (χ3v) is 3.21. The molecule has 0 heterocycles. The van der Waals surface area contributed by atoms with Gasteiger partial charge in [0, 0.05) is 13.0 Å². The molecule has 0 aliphatic heterocycles. The summed E-state index contributed by atoms with van der Waals surface area (Å²) in [7, 11) is 0. The lowest BCUT2D eigenvalue weighted by molar-refractivity contribution is -0.151. The fourth-order valence-electron chi connectivity index (χ4n) is 2.45. The molecule has 100 valence electrons. The minimum absolute atomic E-state index is 0.121. The molecule has 1 aliphatic rings. The highest BCUT2D eigenvalue weighted by Crippen LogP contribution is 2.33. The zero-order valence-corrected chi connectivity index (χ0v) is 11.3. The van der Waals surface area contributed by atoms with Crippen molar-refractivity contribution in [1.29, 1.82) is 0 Å². The number of ether oxygens (including phenoxy) is 2. The van der Waals surface area contributed by atoms with Crippen LogP contribution in [0.2, 0.25) is 0 Å². The van der Waals surface area contributed by atoms with Crippen molar-refractivity contribution in [2.45, 2.75) is 58.1 Å². The van der Waals surface area contributed by atoms with Gasteiger partial charge in [0.15, 0.2) is 0 Å². The van der Waals surface area contributed by atoms with Crippen molar-refractivity contribution >= 4 is 5.97 Å². The van der Waals surface area contributed by atoms with Gasteiger partial charge in [0.1, 0.15) is 5.54 Å². The largest absolute Gasteiger partial charge is 0.465 e. The first-order chi connectivity index (χ1) is 8.18. The molecule has 0 spiro atoms. The molecule has 1 aliphatic carbocycles. The molecule has 17 heavy (non-hydrogen) atoms. The molecule has 1 fully saturated rings. The fourth-order valence-corrected chi connectivity index (χ4v) is 2.45. The van der Waals surface area contributed by atoms with Gasteiger partial charge in [0.05, 0.1) is 12.7 Å². The van der Waals surface area contributed by atoms with Crippen molar-refractivity contribution in [3.8, 4) is 0 Å². The lowest BCUT2D eigenvalue weighted by Gasteiger charge is -2.27. The number of likely N-dealkylation sites (N-methyl/N-ethyl adjacent to an activating group) is 1. The molecule has 0 aromatic carbocycles. The number of carbonyl (C=O) groups excluding carboxylic acids is 1. The molecule has 2 unspecified atom stereocenters. The van der Waals surface area contributed by atoms with Crippen LogP contribution in [0.15, 0.2) is 0 Å². The molecular formula is C13H25NO3. The monoisotopic (exact) mass is 243 g/mol. The van der Waals surface area contributed by atoms with Crippen LogP contribution in [0.3, 0.4) is 0 Å². The van der Waals surface area contributed by atoms with E-state index >= 15 is 0 Å². The zero-order valence-electron chi connectivity index (χ0n) is 11.3. The van der Waals surface area contributed by atoms with E-state index in [9.17, 15) is 4.79 Å². The second-order valence-corrected chi connectivity index (χ2v) is 4.57. The Labute approximate surface area is 104 Å².